The Labute approximate surface area is 141 Å². The van der Waals surface area contributed by atoms with Gasteiger partial charge in [-0.2, -0.15) is 0 Å². The Morgan fingerprint density at radius 3 is 2.62 bits per heavy atom. The lowest BCUT2D eigenvalue weighted by Crippen LogP contribution is -2.53. The zero-order valence-electron chi connectivity index (χ0n) is 12.1. The summed E-state index contributed by atoms with van der Waals surface area (Å²) in [6.45, 7) is 2.42. The fourth-order valence-electron chi connectivity index (χ4n) is 2.58. The maximum absolute atomic E-state index is 12.3. The highest BCUT2D eigenvalue weighted by Gasteiger charge is 2.35. The number of benzene rings is 1. The molecule has 0 bridgehead atoms. The lowest BCUT2D eigenvalue weighted by atomic mass is 9.98. The molecule has 2 rings (SSSR count). The molecule has 1 saturated carbocycles. The zero-order chi connectivity index (χ0) is 14.6. The Hall–Kier alpha value is -0.420. The van der Waals surface area contributed by atoms with Crippen molar-refractivity contribution in [2.75, 3.05) is 6.54 Å². The van der Waals surface area contributed by atoms with Crippen LogP contribution in [0.15, 0.2) is 29.2 Å². The average Bonchev–Trinajstić information content (AvgIpc) is 2.90. The topological polar surface area (TPSA) is 55.1 Å². The van der Waals surface area contributed by atoms with Crippen molar-refractivity contribution in [3.8, 4) is 0 Å². The highest BCUT2D eigenvalue weighted by atomic mass is 35.5. The van der Waals surface area contributed by atoms with E-state index in [1.807, 2.05) is 31.2 Å². The number of thioether (sulfide) groups is 1. The van der Waals surface area contributed by atoms with Crippen LogP contribution in [0.5, 0.6) is 0 Å². The predicted molar refractivity (Wildman–Crippen MR) is 92.4 cm³/mol. The van der Waals surface area contributed by atoms with E-state index in [1.165, 1.54) is 11.8 Å². The molecule has 6 heteroatoms. The third-order valence-corrected chi connectivity index (χ3v) is 5.47. The average molecular weight is 349 g/mol. The van der Waals surface area contributed by atoms with E-state index in [9.17, 15) is 4.79 Å². The first-order valence-electron chi connectivity index (χ1n) is 7.00. The van der Waals surface area contributed by atoms with E-state index in [-0.39, 0.29) is 29.1 Å². The number of carbonyl (C=O) groups is 1. The number of carbonyl (C=O) groups excluding carboxylic acids is 1. The van der Waals surface area contributed by atoms with E-state index in [1.54, 1.807) is 0 Å². The molecule has 1 unspecified atom stereocenters. The number of rotatable bonds is 5. The number of hydrogen-bond acceptors (Lipinski definition) is 3. The molecular formula is C15H22Cl2N2OS. The van der Waals surface area contributed by atoms with Gasteiger partial charge < -0.3 is 11.1 Å². The molecule has 1 aromatic carbocycles. The molecule has 1 atom stereocenters. The van der Waals surface area contributed by atoms with Gasteiger partial charge in [-0.1, -0.05) is 36.6 Å². The van der Waals surface area contributed by atoms with Crippen LogP contribution in [-0.4, -0.2) is 23.2 Å². The molecule has 118 valence electrons. The quantitative estimate of drug-likeness (QED) is 0.798. The molecule has 0 aliphatic heterocycles. The fraction of sp³-hybridized carbons (Fsp3) is 0.533. The van der Waals surface area contributed by atoms with E-state index in [0.717, 1.165) is 30.6 Å². The minimum atomic E-state index is -0.188. The van der Waals surface area contributed by atoms with Gasteiger partial charge in [0, 0.05) is 11.4 Å². The summed E-state index contributed by atoms with van der Waals surface area (Å²) in [6.07, 6.45) is 4.25. The fourth-order valence-corrected chi connectivity index (χ4v) is 3.73. The van der Waals surface area contributed by atoms with Gasteiger partial charge in [-0.3, -0.25) is 4.79 Å². The Bertz CT molecular complexity index is 478. The van der Waals surface area contributed by atoms with E-state index in [0.29, 0.717) is 11.6 Å². The van der Waals surface area contributed by atoms with Crippen LogP contribution in [0.3, 0.4) is 0 Å². The second-order valence-electron chi connectivity index (χ2n) is 5.37. The molecule has 21 heavy (non-hydrogen) atoms. The van der Waals surface area contributed by atoms with Crippen molar-refractivity contribution in [3.63, 3.8) is 0 Å². The lowest BCUT2D eigenvalue weighted by Gasteiger charge is -2.30. The molecule has 0 heterocycles. The minimum Gasteiger partial charge on any atom is -0.348 e. The van der Waals surface area contributed by atoms with Gasteiger partial charge >= 0.3 is 0 Å². The Balaban J connectivity index is 0.00000220. The Morgan fingerprint density at radius 1 is 1.43 bits per heavy atom. The molecule has 0 spiro atoms. The van der Waals surface area contributed by atoms with Crippen molar-refractivity contribution in [2.45, 2.75) is 48.3 Å². The minimum absolute atomic E-state index is 0. The number of hydrogen-bond donors (Lipinski definition) is 2. The highest BCUT2D eigenvalue weighted by Crippen LogP contribution is 2.32. The van der Waals surface area contributed by atoms with Gasteiger partial charge in [-0.25, -0.2) is 0 Å². The first-order valence-corrected chi connectivity index (χ1v) is 8.25. The molecule has 1 aliphatic carbocycles. The van der Waals surface area contributed by atoms with Gasteiger partial charge in [0.05, 0.1) is 15.8 Å². The van der Waals surface area contributed by atoms with Crippen molar-refractivity contribution in [2.24, 2.45) is 5.73 Å². The van der Waals surface area contributed by atoms with E-state index in [2.05, 4.69) is 5.32 Å². The summed E-state index contributed by atoms with van der Waals surface area (Å²) < 4.78 is 0. The van der Waals surface area contributed by atoms with Crippen LogP contribution in [0, 0.1) is 0 Å². The first-order chi connectivity index (χ1) is 9.56. The smallest absolute Gasteiger partial charge is 0.233 e. The van der Waals surface area contributed by atoms with Gasteiger partial charge in [0.1, 0.15) is 0 Å². The first kappa shape index (κ1) is 18.6. The summed E-state index contributed by atoms with van der Waals surface area (Å²) in [4.78, 5) is 13.3. The summed E-state index contributed by atoms with van der Waals surface area (Å²) in [7, 11) is 0. The predicted octanol–water partition coefficient (Wildman–Crippen LogP) is 3.63. The van der Waals surface area contributed by atoms with E-state index < -0.39 is 0 Å². The van der Waals surface area contributed by atoms with Crippen LogP contribution >= 0.6 is 35.8 Å². The molecule has 1 aliphatic rings. The van der Waals surface area contributed by atoms with Gasteiger partial charge in [0.2, 0.25) is 5.91 Å². The summed E-state index contributed by atoms with van der Waals surface area (Å²) in [6, 6.07) is 7.59. The summed E-state index contributed by atoms with van der Waals surface area (Å²) in [5.74, 6) is 0.0438. The lowest BCUT2D eigenvalue weighted by molar-refractivity contribution is -0.122. The van der Waals surface area contributed by atoms with Crippen LogP contribution in [0.25, 0.3) is 0 Å². The Morgan fingerprint density at radius 2 is 2.05 bits per heavy atom. The largest absolute Gasteiger partial charge is 0.348 e. The second-order valence-corrected chi connectivity index (χ2v) is 7.16. The molecule has 0 aromatic heterocycles. The SMILES string of the molecule is CC(Sc1ccccc1Cl)C(=O)NC1(CN)CCCC1.Cl. The van der Waals surface area contributed by atoms with Crippen LogP contribution in [0.2, 0.25) is 5.02 Å². The van der Waals surface area contributed by atoms with Crippen molar-refractivity contribution in [1.29, 1.82) is 0 Å². The van der Waals surface area contributed by atoms with Crippen LogP contribution in [0.4, 0.5) is 0 Å². The summed E-state index contributed by atoms with van der Waals surface area (Å²) in [5, 5.41) is 3.66. The molecular weight excluding hydrogens is 327 g/mol. The monoisotopic (exact) mass is 348 g/mol. The number of amides is 1. The summed E-state index contributed by atoms with van der Waals surface area (Å²) >= 11 is 7.61. The molecule has 1 aromatic rings. The molecule has 3 nitrogen and oxygen atoms in total. The molecule has 0 saturated heterocycles. The Kier molecular flexibility index (Phi) is 7.34. The van der Waals surface area contributed by atoms with Crippen LogP contribution in [0.1, 0.15) is 32.6 Å². The summed E-state index contributed by atoms with van der Waals surface area (Å²) in [5.41, 5.74) is 5.66. The van der Waals surface area contributed by atoms with Crippen molar-refractivity contribution in [3.05, 3.63) is 29.3 Å². The molecule has 3 N–H and O–H groups in total. The van der Waals surface area contributed by atoms with Gasteiger partial charge in [0.15, 0.2) is 0 Å². The van der Waals surface area contributed by atoms with E-state index in [4.69, 9.17) is 17.3 Å². The standard InChI is InChI=1S/C15H21ClN2OS.ClH/c1-11(20-13-7-3-2-6-12(13)16)14(19)18-15(10-17)8-4-5-9-15;/h2-3,6-7,11H,4-5,8-10,17H2,1H3,(H,18,19);1H. The molecule has 1 fully saturated rings. The van der Waals surface area contributed by atoms with E-state index >= 15 is 0 Å². The van der Waals surface area contributed by atoms with Gasteiger partial charge in [-0.05, 0) is 31.9 Å². The number of halogens is 2. The van der Waals surface area contributed by atoms with Crippen molar-refractivity contribution in [1.82, 2.24) is 5.32 Å². The van der Waals surface area contributed by atoms with Crippen LogP contribution in [-0.2, 0) is 4.79 Å². The maximum atomic E-state index is 12.3. The number of nitrogens with one attached hydrogen (secondary N) is 1. The van der Waals surface area contributed by atoms with Gasteiger partial charge in [0.25, 0.3) is 0 Å². The normalized spacial score (nSPS) is 17.9. The highest BCUT2D eigenvalue weighted by molar-refractivity contribution is 8.00. The number of nitrogens with two attached hydrogens (primary N) is 1. The third-order valence-electron chi connectivity index (χ3n) is 3.85. The van der Waals surface area contributed by atoms with Gasteiger partial charge in [-0.15, -0.1) is 24.2 Å². The maximum Gasteiger partial charge on any atom is 0.233 e. The van der Waals surface area contributed by atoms with Crippen LogP contribution < -0.4 is 11.1 Å². The molecule has 0 radical (unpaired) electrons. The third kappa shape index (κ3) is 4.78. The van der Waals surface area contributed by atoms with Crippen molar-refractivity contribution < 1.29 is 4.79 Å². The zero-order valence-corrected chi connectivity index (χ0v) is 14.5. The van der Waals surface area contributed by atoms with Crippen molar-refractivity contribution >= 4 is 41.7 Å². The molecule has 1 amide bonds. The second kappa shape index (κ2) is 8.28.